The van der Waals surface area contributed by atoms with Crippen molar-refractivity contribution in [3.05, 3.63) is 12.7 Å². The predicted molar refractivity (Wildman–Crippen MR) is 45.0 cm³/mol. The lowest BCUT2D eigenvalue weighted by molar-refractivity contribution is 0.260. The van der Waals surface area contributed by atoms with Gasteiger partial charge in [-0.2, -0.15) is 0 Å². The molecule has 1 fully saturated rings. The van der Waals surface area contributed by atoms with Crippen molar-refractivity contribution in [3.8, 4) is 0 Å². The molecule has 0 bridgehead atoms. The van der Waals surface area contributed by atoms with Crippen LogP contribution in [0.2, 0.25) is 0 Å². The van der Waals surface area contributed by atoms with Crippen LogP contribution in [0, 0.1) is 11.8 Å². The van der Waals surface area contributed by atoms with Crippen molar-refractivity contribution < 1.29 is 0 Å². The van der Waals surface area contributed by atoms with Crippen molar-refractivity contribution in [2.75, 3.05) is 13.1 Å². The number of hydrogen-bond donors (Lipinski definition) is 1. The van der Waals surface area contributed by atoms with Crippen molar-refractivity contribution >= 4 is 0 Å². The Balaban J connectivity index is 2.24. The summed E-state index contributed by atoms with van der Waals surface area (Å²) in [5, 5.41) is 3.29. The fourth-order valence-corrected chi connectivity index (χ4v) is 1.49. The van der Waals surface area contributed by atoms with Crippen LogP contribution in [-0.4, -0.2) is 13.1 Å². The Kier molecular flexibility index (Phi) is 2.94. The zero-order valence-electron chi connectivity index (χ0n) is 6.77. The third-order valence-corrected chi connectivity index (χ3v) is 2.34. The number of nitrogens with one attached hydrogen (secondary N) is 1. The molecule has 1 rings (SSSR count). The van der Waals surface area contributed by atoms with Gasteiger partial charge in [-0.1, -0.05) is 19.4 Å². The highest BCUT2D eigenvalue weighted by Crippen LogP contribution is 2.21. The van der Waals surface area contributed by atoms with E-state index in [1.165, 1.54) is 25.9 Å². The summed E-state index contributed by atoms with van der Waals surface area (Å²) in [6.07, 6.45) is 4.72. The molecule has 1 aliphatic heterocycles. The highest BCUT2D eigenvalue weighted by Gasteiger charge is 2.23. The average molecular weight is 139 g/mol. The fraction of sp³-hybridized carbons (Fsp3) is 0.778. The number of allylic oxidation sites excluding steroid dienone is 1. The van der Waals surface area contributed by atoms with Crippen LogP contribution in [-0.2, 0) is 0 Å². The van der Waals surface area contributed by atoms with E-state index in [4.69, 9.17) is 0 Å². The topological polar surface area (TPSA) is 12.0 Å². The molecule has 0 saturated carbocycles. The van der Waals surface area contributed by atoms with Crippen molar-refractivity contribution in [1.29, 1.82) is 0 Å². The molecule has 0 spiro atoms. The summed E-state index contributed by atoms with van der Waals surface area (Å²) in [7, 11) is 0. The zero-order valence-corrected chi connectivity index (χ0v) is 6.77. The standard InChI is InChI=1S/C9H17N/c1-3-5-8(4-2)9-6-10-7-9/h4,8-10H,2-3,5-7H2,1H3. The molecule has 1 atom stereocenters. The van der Waals surface area contributed by atoms with Gasteiger partial charge in [0.2, 0.25) is 0 Å². The molecule has 1 saturated heterocycles. The highest BCUT2D eigenvalue weighted by molar-refractivity contribution is 4.90. The second-order valence-electron chi connectivity index (χ2n) is 3.11. The second kappa shape index (κ2) is 3.77. The van der Waals surface area contributed by atoms with Crippen molar-refractivity contribution in [3.63, 3.8) is 0 Å². The Hall–Kier alpha value is -0.300. The van der Waals surface area contributed by atoms with Crippen LogP contribution in [0.25, 0.3) is 0 Å². The Morgan fingerprint density at radius 2 is 2.40 bits per heavy atom. The van der Waals surface area contributed by atoms with Crippen LogP contribution in [0.15, 0.2) is 12.7 Å². The van der Waals surface area contributed by atoms with Crippen LogP contribution < -0.4 is 5.32 Å². The van der Waals surface area contributed by atoms with Crippen LogP contribution in [0.5, 0.6) is 0 Å². The fourth-order valence-electron chi connectivity index (χ4n) is 1.49. The van der Waals surface area contributed by atoms with Crippen molar-refractivity contribution in [2.24, 2.45) is 11.8 Å². The molecule has 0 aliphatic carbocycles. The SMILES string of the molecule is C=CC(CCC)C1CNC1. The van der Waals surface area contributed by atoms with Crippen LogP contribution in [0.4, 0.5) is 0 Å². The third kappa shape index (κ3) is 1.60. The normalized spacial score (nSPS) is 21.7. The molecule has 0 amide bonds. The van der Waals surface area contributed by atoms with E-state index in [9.17, 15) is 0 Å². The van der Waals surface area contributed by atoms with Gasteiger partial charge < -0.3 is 5.32 Å². The molecule has 0 aromatic carbocycles. The summed E-state index contributed by atoms with van der Waals surface area (Å²) in [6, 6.07) is 0. The van der Waals surface area contributed by atoms with Gasteiger partial charge >= 0.3 is 0 Å². The molecule has 10 heavy (non-hydrogen) atoms. The molecule has 1 N–H and O–H groups in total. The molecule has 1 nitrogen and oxygen atoms in total. The van der Waals surface area contributed by atoms with E-state index in [-0.39, 0.29) is 0 Å². The highest BCUT2D eigenvalue weighted by atomic mass is 14.9. The van der Waals surface area contributed by atoms with Gasteiger partial charge in [-0.05, 0) is 31.3 Å². The zero-order chi connectivity index (χ0) is 7.40. The molecule has 0 aromatic heterocycles. The van der Waals surface area contributed by atoms with E-state index < -0.39 is 0 Å². The molecule has 1 aliphatic rings. The van der Waals surface area contributed by atoms with E-state index in [0.717, 1.165) is 11.8 Å². The van der Waals surface area contributed by atoms with Gasteiger partial charge in [-0.25, -0.2) is 0 Å². The van der Waals surface area contributed by atoms with E-state index in [1.807, 2.05) is 0 Å². The molecule has 1 unspecified atom stereocenters. The third-order valence-electron chi connectivity index (χ3n) is 2.34. The van der Waals surface area contributed by atoms with Crippen LogP contribution in [0.1, 0.15) is 19.8 Å². The summed E-state index contributed by atoms with van der Waals surface area (Å²) >= 11 is 0. The monoisotopic (exact) mass is 139 g/mol. The summed E-state index contributed by atoms with van der Waals surface area (Å²) in [4.78, 5) is 0. The second-order valence-corrected chi connectivity index (χ2v) is 3.11. The maximum absolute atomic E-state index is 3.85. The van der Waals surface area contributed by atoms with Gasteiger partial charge in [0.1, 0.15) is 0 Å². The Morgan fingerprint density at radius 3 is 2.70 bits per heavy atom. The average Bonchev–Trinajstić information content (AvgIpc) is 1.83. The van der Waals surface area contributed by atoms with E-state index in [1.54, 1.807) is 0 Å². The number of rotatable bonds is 4. The lowest BCUT2D eigenvalue weighted by Gasteiger charge is -2.32. The largest absolute Gasteiger partial charge is 0.316 e. The lowest BCUT2D eigenvalue weighted by atomic mass is 9.84. The maximum atomic E-state index is 3.85. The molecule has 1 heteroatoms. The summed E-state index contributed by atoms with van der Waals surface area (Å²) in [6.45, 7) is 8.50. The molecular formula is C9H17N. The van der Waals surface area contributed by atoms with Crippen LogP contribution >= 0.6 is 0 Å². The predicted octanol–water partition coefficient (Wildman–Crippen LogP) is 1.81. The summed E-state index contributed by atoms with van der Waals surface area (Å²) in [5.41, 5.74) is 0. The van der Waals surface area contributed by atoms with Crippen molar-refractivity contribution in [2.45, 2.75) is 19.8 Å². The van der Waals surface area contributed by atoms with Gasteiger partial charge in [-0.3, -0.25) is 0 Å². The minimum atomic E-state index is 0.770. The molecule has 58 valence electrons. The lowest BCUT2D eigenvalue weighted by Crippen LogP contribution is -2.45. The molecule has 0 radical (unpaired) electrons. The molecule has 1 heterocycles. The molecular weight excluding hydrogens is 122 g/mol. The van der Waals surface area contributed by atoms with Crippen LogP contribution in [0.3, 0.4) is 0 Å². The van der Waals surface area contributed by atoms with Gasteiger partial charge in [0, 0.05) is 0 Å². The first-order valence-electron chi connectivity index (χ1n) is 4.21. The Morgan fingerprint density at radius 1 is 1.70 bits per heavy atom. The van der Waals surface area contributed by atoms with Gasteiger partial charge in [0.05, 0.1) is 0 Å². The number of hydrogen-bond acceptors (Lipinski definition) is 1. The minimum Gasteiger partial charge on any atom is -0.316 e. The van der Waals surface area contributed by atoms with E-state index in [2.05, 4.69) is 24.9 Å². The first kappa shape index (κ1) is 7.80. The Labute approximate surface area is 63.5 Å². The van der Waals surface area contributed by atoms with E-state index >= 15 is 0 Å². The molecule has 0 aromatic rings. The minimum absolute atomic E-state index is 0.770. The van der Waals surface area contributed by atoms with Gasteiger partial charge in [0.25, 0.3) is 0 Å². The van der Waals surface area contributed by atoms with Gasteiger partial charge in [-0.15, -0.1) is 6.58 Å². The smallest absolute Gasteiger partial charge is 0.000260 e. The maximum Gasteiger partial charge on any atom is -0.000260 e. The Bertz CT molecular complexity index is 105. The van der Waals surface area contributed by atoms with Gasteiger partial charge in [0.15, 0.2) is 0 Å². The first-order chi connectivity index (χ1) is 4.88. The quantitative estimate of drug-likeness (QED) is 0.586. The van der Waals surface area contributed by atoms with E-state index in [0.29, 0.717) is 0 Å². The van der Waals surface area contributed by atoms with Crippen molar-refractivity contribution in [1.82, 2.24) is 5.32 Å². The summed E-state index contributed by atoms with van der Waals surface area (Å²) in [5.74, 6) is 1.66. The summed E-state index contributed by atoms with van der Waals surface area (Å²) < 4.78 is 0. The first-order valence-corrected chi connectivity index (χ1v) is 4.21.